The van der Waals surface area contributed by atoms with Gasteiger partial charge in [0.1, 0.15) is 46.7 Å². The van der Waals surface area contributed by atoms with Crippen LogP contribution in [-0.2, 0) is 5.75 Å². The largest absolute Gasteiger partial charge is 0.491 e. The van der Waals surface area contributed by atoms with Gasteiger partial charge >= 0.3 is 0 Å². The van der Waals surface area contributed by atoms with Crippen molar-refractivity contribution >= 4 is 39.7 Å². The molecular formula is C25H19FN6O2S2. The first-order chi connectivity index (χ1) is 17.5. The minimum absolute atomic E-state index is 0.0290. The fraction of sp³-hybridized carbons (Fsp3) is 0.120. The molecule has 180 valence electrons. The first-order valence-corrected chi connectivity index (χ1v) is 12.5. The van der Waals surface area contributed by atoms with Gasteiger partial charge in [-0.05, 0) is 35.9 Å². The smallest absolute Gasteiger partial charge is 0.187 e. The van der Waals surface area contributed by atoms with E-state index < -0.39 is 0 Å². The Morgan fingerprint density at radius 1 is 1.11 bits per heavy atom. The molecule has 2 aromatic heterocycles. The minimum atomic E-state index is -0.344. The summed E-state index contributed by atoms with van der Waals surface area (Å²) in [7, 11) is 0. The number of nitrogen functional groups attached to an aromatic ring is 1. The van der Waals surface area contributed by atoms with Crippen molar-refractivity contribution in [3.05, 3.63) is 76.5 Å². The molecule has 0 radical (unpaired) electrons. The number of nitrogens with one attached hydrogen (secondary N) is 1. The van der Waals surface area contributed by atoms with Crippen LogP contribution in [0.3, 0.4) is 0 Å². The van der Waals surface area contributed by atoms with Crippen LogP contribution in [0, 0.1) is 28.5 Å². The number of aromatic nitrogens is 2. The van der Waals surface area contributed by atoms with Crippen LogP contribution in [0.2, 0.25) is 0 Å². The maximum atomic E-state index is 13.4. The zero-order chi connectivity index (χ0) is 25.5. The predicted molar refractivity (Wildman–Crippen MR) is 137 cm³/mol. The third kappa shape index (κ3) is 5.73. The number of anilines is 3. The first kappa shape index (κ1) is 24.9. The van der Waals surface area contributed by atoms with Crippen LogP contribution in [-0.4, -0.2) is 28.3 Å². The number of aliphatic hydroxyl groups is 1. The number of nitrogens with two attached hydrogens (primary N) is 1. The summed E-state index contributed by atoms with van der Waals surface area (Å²) in [5, 5.41) is 34.5. The highest BCUT2D eigenvalue weighted by atomic mass is 32.2. The molecule has 0 saturated carbocycles. The molecule has 0 aliphatic carbocycles. The van der Waals surface area contributed by atoms with Crippen molar-refractivity contribution in [3.63, 3.8) is 0 Å². The number of hydrogen-bond donors (Lipinski definition) is 3. The average Bonchev–Trinajstić information content (AvgIpc) is 3.33. The van der Waals surface area contributed by atoms with Gasteiger partial charge in [0, 0.05) is 22.4 Å². The maximum absolute atomic E-state index is 13.4. The first-order valence-electron chi connectivity index (χ1n) is 10.6. The van der Waals surface area contributed by atoms with Gasteiger partial charge in [0.2, 0.25) is 0 Å². The lowest BCUT2D eigenvalue weighted by Crippen LogP contribution is -2.04. The van der Waals surface area contributed by atoms with Gasteiger partial charge in [-0.25, -0.2) is 14.4 Å². The SMILES string of the molecule is N#Cc1c(N)nc(SCc2csc(Nc3cccc(F)c3)n2)c(C#N)c1-c1ccc(OCCO)cc1. The van der Waals surface area contributed by atoms with Gasteiger partial charge in [-0.15, -0.1) is 11.3 Å². The summed E-state index contributed by atoms with van der Waals surface area (Å²) in [6.45, 7) is 0.0487. The highest BCUT2D eigenvalue weighted by molar-refractivity contribution is 7.98. The molecule has 36 heavy (non-hydrogen) atoms. The van der Waals surface area contributed by atoms with Crippen molar-refractivity contribution in [1.82, 2.24) is 9.97 Å². The molecular weight excluding hydrogens is 499 g/mol. The van der Waals surface area contributed by atoms with E-state index in [1.54, 1.807) is 36.4 Å². The quantitative estimate of drug-likeness (QED) is 0.259. The van der Waals surface area contributed by atoms with Crippen LogP contribution in [0.4, 0.5) is 21.0 Å². The number of aliphatic hydroxyl groups excluding tert-OH is 1. The van der Waals surface area contributed by atoms with E-state index in [1.165, 1.54) is 35.2 Å². The molecule has 0 amide bonds. The zero-order valence-corrected chi connectivity index (χ0v) is 20.4. The molecule has 8 nitrogen and oxygen atoms in total. The molecule has 2 aromatic carbocycles. The summed E-state index contributed by atoms with van der Waals surface area (Å²) < 4.78 is 18.8. The number of rotatable bonds is 9. The number of benzene rings is 2. The lowest BCUT2D eigenvalue weighted by atomic mass is 9.97. The molecule has 0 bridgehead atoms. The molecule has 11 heteroatoms. The second kappa shape index (κ2) is 11.5. The molecule has 0 spiro atoms. The molecule has 4 aromatic rings. The highest BCUT2D eigenvalue weighted by Crippen LogP contribution is 2.37. The molecule has 2 heterocycles. The summed E-state index contributed by atoms with van der Waals surface area (Å²) in [6.07, 6.45) is 0. The van der Waals surface area contributed by atoms with Crippen LogP contribution >= 0.6 is 23.1 Å². The van der Waals surface area contributed by atoms with Crippen LogP contribution in [0.25, 0.3) is 11.1 Å². The summed E-state index contributed by atoms with van der Waals surface area (Å²) in [5.74, 6) is 0.639. The Hall–Kier alpha value is -4.16. The third-order valence-electron chi connectivity index (χ3n) is 4.90. The van der Waals surface area contributed by atoms with E-state index in [9.17, 15) is 14.9 Å². The van der Waals surface area contributed by atoms with Gasteiger partial charge in [-0.1, -0.05) is 30.0 Å². The van der Waals surface area contributed by atoms with E-state index >= 15 is 0 Å². The Bertz CT molecular complexity index is 1460. The third-order valence-corrected chi connectivity index (χ3v) is 6.72. The molecule has 0 saturated heterocycles. The van der Waals surface area contributed by atoms with E-state index in [-0.39, 0.29) is 36.0 Å². The normalized spacial score (nSPS) is 10.4. The average molecular weight is 519 g/mol. The Morgan fingerprint density at radius 3 is 2.58 bits per heavy atom. The number of halogens is 1. The number of hydrogen-bond acceptors (Lipinski definition) is 10. The van der Waals surface area contributed by atoms with E-state index in [2.05, 4.69) is 27.4 Å². The maximum Gasteiger partial charge on any atom is 0.187 e. The number of nitrogens with zero attached hydrogens (tertiary/aromatic N) is 4. The molecule has 0 fully saturated rings. The van der Waals surface area contributed by atoms with Crippen LogP contribution < -0.4 is 15.8 Å². The Balaban J connectivity index is 1.58. The zero-order valence-electron chi connectivity index (χ0n) is 18.7. The lowest BCUT2D eigenvalue weighted by Gasteiger charge is -2.13. The molecule has 0 unspecified atom stereocenters. The van der Waals surface area contributed by atoms with E-state index in [4.69, 9.17) is 15.6 Å². The Morgan fingerprint density at radius 2 is 1.89 bits per heavy atom. The fourth-order valence-electron chi connectivity index (χ4n) is 3.34. The molecule has 0 atom stereocenters. The van der Waals surface area contributed by atoms with Gasteiger partial charge in [-0.2, -0.15) is 10.5 Å². The van der Waals surface area contributed by atoms with Crippen molar-refractivity contribution in [2.24, 2.45) is 0 Å². The second-order valence-electron chi connectivity index (χ2n) is 7.32. The Kier molecular flexibility index (Phi) is 7.98. The van der Waals surface area contributed by atoms with E-state index in [1.807, 2.05) is 5.38 Å². The summed E-state index contributed by atoms with van der Waals surface area (Å²) in [6, 6.07) is 17.2. The monoisotopic (exact) mass is 518 g/mol. The summed E-state index contributed by atoms with van der Waals surface area (Å²) in [4.78, 5) is 8.83. The van der Waals surface area contributed by atoms with Gasteiger partial charge in [0.05, 0.1) is 17.9 Å². The molecule has 4 rings (SSSR count). The summed E-state index contributed by atoms with van der Waals surface area (Å²) in [5.41, 5.74) is 8.80. The van der Waals surface area contributed by atoms with Crippen molar-refractivity contribution in [2.45, 2.75) is 10.8 Å². The minimum Gasteiger partial charge on any atom is -0.491 e. The Labute approximate surface area is 214 Å². The second-order valence-corrected chi connectivity index (χ2v) is 9.14. The van der Waals surface area contributed by atoms with Crippen molar-refractivity contribution in [1.29, 1.82) is 10.5 Å². The lowest BCUT2D eigenvalue weighted by molar-refractivity contribution is 0.201. The topological polar surface area (TPSA) is 141 Å². The molecule has 0 aliphatic rings. The van der Waals surface area contributed by atoms with Crippen LogP contribution in [0.5, 0.6) is 5.75 Å². The number of thiazole rings is 1. The number of nitriles is 2. The van der Waals surface area contributed by atoms with E-state index in [0.717, 1.165) is 5.69 Å². The number of ether oxygens (including phenoxy) is 1. The summed E-state index contributed by atoms with van der Waals surface area (Å²) >= 11 is 2.66. The van der Waals surface area contributed by atoms with Crippen molar-refractivity contribution in [2.75, 3.05) is 24.3 Å². The number of pyridine rings is 1. The van der Waals surface area contributed by atoms with Crippen LogP contribution in [0.1, 0.15) is 16.8 Å². The van der Waals surface area contributed by atoms with Gasteiger partial charge in [0.25, 0.3) is 0 Å². The molecule has 4 N–H and O–H groups in total. The predicted octanol–water partition coefficient (Wildman–Crippen LogP) is 5.08. The van der Waals surface area contributed by atoms with Crippen LogP contribution in [0.15, 0.2) is 58.9 Å². The van der Waals surface area contributed by atoms with E-state index in [0.29, 0.717) is 38.5 Å². The number of thioether (sulfide) groups is 1. The van der Waals surface area contributed by atoms with Gasteiger partial charge < -0.3 is 20.9 Å². The standard InChI is InChI=1S/C25H19FN6O2S2/c26-16-2-1-3-17(10-16)30-25-31-18(14-36-25)13-35-24-21(12-28)22(20(11-27)23(29)32-24)15-4-6-19(7-5-15)34-9-8-33/h1-7,10,14,33H,8-9,13H2,(H2,29,32)(H,30,31). The van der Waals surface area contributed by atoms with Gasteiger partial charge in [-0.3, -0.25) is 0 Å². The van der Waals surface area contributed by atoms with Crippen molar-refractivity contribution < 1.29 is 14.2 Å². The van der Waals surface area contributed by atoms with Crippen molar-refractivity contribution in [3.8, 4) is 29.0 Å². The van der Waals surface area contributed by atoms with Gasteiger partial charge in [0.15, 0.2) is 5.13 Å². The highest BCUT2D eigenvalue weighted by Gasteiger charge is 2.21. The fourth-order valence-corrected chi connectivity index (χ4v) is 5.06. The molecule has 0 aliphatic heterocycles.